The zero-order valence-electron chi connectivity index (χ0n) is 16.9. The largest absolute Gasteiger partial charge is 0.323 e. The molecule has 0 aliphatic rings. The van der Waals surface area contributed by atoms with Crippen molar-refractivity contribution in [2.75, 3.05) is 16.0 Å². The Morgan fingerprint density at radius 3 is 2.22 bits per heavy atom. The van der Waals surface area contributed by atoms with Crippen LogP contribution in [0, 0.1) is 12.7 Å². The highest BCUT2D eigenvalue weighted by atomic mass is 19.1. The quantitative estimate of drug-likeness (QED) is 0.442. The Labute approximate surface area is 182 Å². The summed E-state index contributed by atoms with van der Waals surface area (Å²) in [6.45, 7) is 1.71. The number of carbonyl (C=O) groups is 2. The van der Waals surface area contributed by atoms with Crippen molar-refractivity contribution in [2.24, 2.45) is 0 Å². The van der Waals surface area contributed by atoms with Gasteiger partial charge in [-0.25, -0.2) is 9.18 Å². The molecule has 0 aliphatic carbocycles. The number of anilines is 3. The van der Waals surface area contributed by atoms with E-state index in [1.807, 2.05) is 18.2 Å². The molecule has 0 atom stereocenters. The second-order valence-electron chi connectivity index (χ2n) is 6.78. The number of hydrogen-bond acceptors (Lipinski definition) is 5. The highest BCUT2D eigenvalue weighted by Crippen LogP contribution is 2.20. The van der Waals surface area contributed by atoms with Crippen LogP contribution in [0.25, 0.3) is 5.69 Å². The number of aromatic nitrogens is 4. The Morgan fingerprint density at radius 1 is 0.875 bits per heavy atom. The first-order valence-corrected chi connectivity index (χ1v) is 9.59. The lowest BCUT2D eigenvalue weighted by atomic mass is 10.2. The standard InChI is InChI=1S/C22H18FN7O2/c1-14-27-28-29-30(14)18-11-12-19(23)20(13-18)26-21(31)15-7-9-17(10-8-15)25-22(32)24-16-5-3-2-4-6-16/h2-13H,1H3,(H,26,31)(H2,24,25,32). The Balaban J connectivity index is 1.42. The molecule has 1 aromatic heterocycles. The van der Waals surface area contributed by atoms with Gasteiger partial charge >= 0.3 is 6.03 Å². The topological polar surface area (TPSA) is 114 Å². The number of halogens is 1. The van der Waals surface area contributed by atoms with E-state index in [0.29, 0.717) is 28.5 Å². The van der Waals surface area contributed by atoms with Crippen molar-refractivity contribution in [1.82, 2.24) is 20.2 Å². The highest BCUT2D eigenvalue weighted by molar-refractivity contribution is 6.05. The summed E-state index contributed by atoms with van der Waals surface area (Å²) in [7, 11) is 0. The van der Waals surface area contributed by atoms with Gasteiger partial charge in [0.1, 0.15) is 5.82 Å². The van der Waals surface area contributed by atoms with Gasteiger partial charge in [-0.15, -0.1) is 5.10 Å². The van der Waals surface area contributed by atoms with Crippen molar-refractivity contribution in [3.05, 3.63) is 90.0 Å². The zero-order valence-corrected chi connectivity index (χ0v) is 16.9. The fraction of sp³-hybridized carbons (Fsp3) is 0.0455. The molecule has 0 bridgehead atoms. The summed E-state index contributed by atoms with van der Waals surface area (Å²) in [6.07, 6.45) is 0. The number of aryl methyl sites for hydroxylation is 1. The number of urea groups is 1. The number of benzene rings is 3. The fourth-order valence-electron chi connectivity index (χ4n) is 2.93. The molecule has 4 aromatic rings. The van der Waals surface area contributed by atoms with Crippen LogP contribution in [0.5, 0.6) is 0 Å². The van der Waals surface area contributed by atoms with Crippen molar-refractivity contribution in [3.8, 4) is 5.69 Å². The summed E-state index contributed by atoms with van der Waals surface area (Å²) < 4.78 is 15.7. The van der Waals surface area contributed by atoms with Gasteiger partial charge in [0.25, 0.3) is 5.91 Å². The molecule has 0 saturated heterocycles. The number of tetrazole rings is 1. The number of para-hydroxylation sites is 1. The van der Waals surface area contributed by atoms with Crippen LogP contribution in [0.3, 0.4) is 0 Å². The first-order valence-electron chi connectivity index (χ1n) is 9.59. The van der Waals surface area contributed by atoms with Crippen molar-refractivity contribution in [3.63, 3.8) is 0 Å². The second-order valence-corrected chi connectivity index (χ2v) is 6.78. The van der Waals surface area contributed by atoms with Crippen LogP contribution in [0.1, 0.15) is 16.2 Å². The Morgan fingerprint density at radius 2 is 1.56 bits per heavy atom. The summed E-state index contributed by atoms with van der Waals surface area (Å²) in [5.74, 6) is -0.577. The molecule has 32 heavy (non-hydrogen) atoms. The SMILES string of the molecule is Cc1nnnn1-c1ccc(F)c(NC(=O)c2ccc(NC(=O)Nc3ccccc3)cc2)c1. The Kier molecular flexibility index (Phi) is 5.84. The molecule has 160 valence electrons. The van der Waals surface area contributed by atoms with Crippen LogP contribution >= 0.6 is 0 Å². The Hall–Kier alpha value is -4.60. The molecule has 3 N–H and O–H groups in total. The molecular weight excluding hydrogens is 413 g/mol. The number of amides is 3. The number of carbonyl (C=O) groups excluding carboxylic acids is 2. The number of nitrogens with zero attached hydrogens (tertiary/aromatic N) is 4. The van der Waals surface area contributed by atoms with Gasteiger partial charge in [-0.2, -0.15) is 4.68 Å². The first-order chi connectivity index (χ1) is 15.5. The average Bonchev–Trinajstić information content (AvgIpc) is 3.22. The molecule has 0 unspecified atom stereocenters. The molecule has 3 amide bonds. The zero-order chi connectivity index (χ0) is 22.5. The van der Waals surface area contributed by atoms with Gasteiger partial charge in [0, 0.05) is 16.9 Å². The summed E-state index contributed by atoms with van der Waals surface area (Å²) in [6, 6.07) is 19.0. The van der Waals surface area contributed by atoms with Crippen molar-refractivity contribution in [2.45, 2.75) is 6.92 Å². The number of nitrogens with one attached hydrogen (secondary N) is 3. The highest BCUT2D eigenvalue weighted by Gasteiger charge is 2.13. The minimum atomic E-state index is -0.594. The maximum atomic E-state index is 14.2. The van der Waals surface area contributed by atoms with Gasteiger partial charge in [-0.1, -0.05) is 18.2 Å². The molecule has 0 spiro atoms. The van der Waals surface area contributed by atoms with E-state index >= 15 is 0 Å². The number of hydrogen-bond donors (Lipinski definition) is 3. The molecule has 1 heterocycles. The second kappa shape index (κ2) is 9.04. The van der Waals surface area contributed by atoms with Crippen LogP contribution in [0.15, 0.2) is 72.8 Å². The maximum absolute atomic E-state index is 14.2. The first kappa shape index (κ1) is 20.7. The van der Waals surface area contributed by atoms with Crippen LogP contribution in [0.2, 0.25) is 0 Å². The van der Waals surface area contributed by atoms with Crippen LogP contribution in [-0.4, -0.2) is 32.1 Å². The fourth-order valence-corrected chi connectivity index (χ4v) is 2.93. The lowest BCUT2D eigenvalue weighted by molar-refractivity contribution is 0.102. The third-order valence-electron chi connectivity index (χ3n) is 4.50. The minimum Gasteiger partial charge on any atom is -0.319 e. The van der Waals surface area contributed by atoms with E-state index in [9.17, 15) is 14.0 Å². The van der Waals surface area contributed by atoms with E-state index in [-0.39, 0.29) is 5.69 Å². The predicted octanol–water partition coefficient (Wildman–Crippen LogP) is 4.01. The minimum absolute atomic E-state index is 0.00756. The molecule has 10 heteroatoms. The maximum Gasteiger partial charge on any atom is 0.323 e. The molecule has 4 rings (SSSR count). The van der Waals surface area contributed by atoms with E-state index in [0.717, 1.165) is 0 Å². The molecule has 0 saturated carbocycles. The van der Waals surface area contributed by atoms with Crippen molar-refractivity contribution in [1.29, 1.82) is 0 Å². The molecule has 0 fully saturated rings. The lowest BCUT2D eigenvalue weighted by Gasteiger charge is -2.10. The molecule has 0 radical (unpaired) electrons. The van der Waals surface area contributed by atoms with Crippen LogP contribution in [-0.2, 0) is 0 Å². The van der Waals surface area contributed by atoms with Gasteiger partial charge in [-0.05, 0) is 71.9 Å². The predicted molar refractivity (Wildman–Crippen MR) is 117 cm³/mol. The average molecular weight is 431 g/mol. The Bertz CT molecular complexity index is 1260. The summed E-state index contributed by atoms with van der Waals surface area (Å²) in [5.41, 5.74) is 1.95. The summed E-state index contributed by atoms with van der Waals surface area (Å²) in [5, 5.41) is 19.1. The van der Waals surface area contributed by atoms with E-state index in [1.54, 1.807) is 31.2 Å². The third kappa shape index (κ3) is 4.75. The third-order valence-corrected chi connectivity index (χ3v) is 4.50. The summed E-state index contributed by atoms with van der Waals surface area (Å²) in [4.78, 5) is 24.7. The van der Waals surface area contributed by atoms with Gasteiger partial charge in [0.15, 0.2) is 5.82 Å². The molecule has 9 nitrogen and oxygen atoms in total. The van der Waals surface area contributed by atoms with E-state index in [4.69, 9.17) is 0 Å². The normalized spacial score (nSPS) is 10.4. The van der Waals surface area contributed by atoms with Gasteiger partial charge in [0.05, 0.1) is 11.4 Å². The molecule has 3 aromatic carbocycles. The van der Waals surface area contributed by atoms with Crippen LogP contribution in [0.4, 0.5) is 26.2 Å². The van der Waals surface area contributed by atoms with E-state index in [1.165, 1.54) is 35.0 Å². The van der Waals surface area contributed by atoms with E-state index in [2.05, 4.69) is 31.5 Å². The number of rotatable bonds is 5. The lowest BCUT2D eigenvalue weighted by Crippen LogP contribution is -2.19. The van der Waals surface area contributed by atoms with Gasteiger partial charge < -0.3 is 16.0 Å². The summed E-state index contributed by atoms with van der Waals surface area (Å²) >= 11 is 0. The van der Waals surface area contributed by atoms with Crippen molar-refractivity contribution < 1.29 is 14.0 Å². The van der Waals surface area contributed by atoms with Gasteiger partial charge in [-0.3, -0.25) is 4.79 Å². The van der Waals surface area contributed by atoms with E-state index < -0.39 is 17.8 Å². The smallest absolute Gasteiger partial charge is 0.319 e. The monoisotopic (exact) mass is 431 g/mol. The molecule has 0 aliphatic heterocycles. The van der Waals surface area contributed by atoms with Crippen molar-refractivity contribution >= 4 is 29.0 Å². The van der Waals surface area contributed by atoms with Crippen LogP contribution < -0.4 is 16.0 Å². The van der Waals surface area contributed by atoms with Gasteiger partial charge in [0.2, 0.25) is 0 Å². The molecular formula is C22H18FN7O2.